The zero-order chi connectivity index (χ0) is 18.6. The Bertz CT molecular complexity index is 906. The van der Waals surface area contributed by atoms with Crippen molar-refractivity contribution in [2.45, 2.75) is 6.42 Å². The Morgan fingerprint density at radius 1 is 0.889 bits per heavy atom. The molecule has 2 amide bonds. The third-order valence-corrected chi connectivity index (χ3v) is 5.32. The molecule has 27 heavy (non-hydrogen) atoms. The van der Waals surface area contributed by atoms with Crippen molar-refractivity contribution >= 4 is 23.2 Å². The monoisotopic (exact) mass is 381 g/mol. The second kappa shape index (κ2) is 7.71. The molecule has 8 heteroatoms. The van der Waals surface area contributed by atoms with E-state index in [0.717, 1.165) is 17.7 Å². The van der Waals surface area contributed by atoms with Crippen LogP contribution in [0.15, 0.2) is 53.7 Å². The summed E-state index contributed by atoms with van der Waals surface area (Å²) in [4.78, 5) is 33.0. The molecule has 138 valence electrons. The highest BCUT2D eigenvalue weighted by molar-refractivity contribution is 7.08. The number of hydrogen-bond donors (Lipinski definition) is 0. The van der Waals surface area contributed by atoms with E-state index in [9.17, 15) is 9.59 Å². The Kier molecular flexibility index (Phi) is 4.97. The van der Waals surface area contributed by atoms with Crippen molar-refractivity contribution in [1.29, 1.82) is 0 Å². The molecule has 0 bridgehead atoms. The van der Waals surface area contributed by atoms with Crippen LogP contribution in [-0.4, -0.2) is 62.6 Å². The number of aromatic nitrogens is 3. The van der Waals surface area contributed by atoms with Crippen LogP contribution in [-0.2, 0) is 0 Å². The smallest absolute Gasteiger partial charge is 0.254 e. The summed E-state index contributed by atoms with van der Waals surface area (Å²) in [7, 11) is 0. The second-order valence-corrected chi connectivity index (χ2v) is 7.12. The molecule has 0 N–H and O–H groups in total. The van der Waals surface area contributed by atoms with Gasteiger partial charge in [0.25, 0.3) is 11.8 Å². The molecule has 3 heterocycles. The van der Waals surface area contributed by atoms with Gasteiger partial charge in [0.1, 0.15) is 12.7 Å². The van der Waals surface area contributed by atoms with Gasteiger partial charge >= 0.3 is 0 Å². The maximum Gasteiger partial charge on any atom is 0.254 e. The number of amides is 2. The first-order chi connectivity index (χ1) is 13.2. The van der Waals surface area contributed by atoms with E-state index in [4.69, 9.17) is 0 Å². The summed E-state index contributed by atoms with van der Waals surface area (Å²) in [5.41, 5.74) is 2.22. The normalized spacial score (nSPS) is 14.8. The predicted octanol–water partition coefficient (Wildman–Crippen LogP) is 2.32. The van der Waals surface area contributed by atoms with Gasteiger partial charge < -0.3 is 9.80 Å². The molecule has 4 rings (SSSR count). The Hall–Kier alpha value is -3.00. The highest BCUT2D eigenvalue weighted by atomic mass is 32.1. The van der Waals surface area contributed by atoms with Gasteiger partial charge in [-0.15, -0.1) is 0 Å². The minimum Gasteiger partial charge on any atom is -0.337 e. The van der Waals surface area contributed by atoms with Gasteiger partial charge in [0.15, 0.2) is 0 Å². The molecule has 0 radical (unpaired) electrons. The van der Waals surface area contributed by atoms with Crippen LogP contribution in [0.4, 0.5) is 0 Å². The highest BCUT2D eigenvalue weighted by Crippen LogP contribution is 2.15. The molecule has 7 nitrogen and oxygen atoms in total. The first-order valence-corrected chi connectivity index (χ1v) is 9.72. The van der Waals surface area contributed by atoms with E-state index < -0.39 is 0 Å². The maximum atomic E-state index is 12.8. The van der Waals surface area contributed by atoms with Crippen LogP contribution >= 0.6 is 11.3 Å². The van der Waals surface area contributed by atoms with Gasteiger partial charge in [-0.3, -0.25) is 9.59 Å². The van der Waals surface area contributed by atoms with Crippen molar-refractivity contribution in [1.82, 2.24) is 24.6 Å². The Morgan fingerprint density at radius 2 is 1.59 bits per heavy atom. The molecule has 2 aromatic heterocycles. The molecular formula is C19H19N5O2S. The predicted molar refractivity (Wildman–Crippen MR) is 102 cm³/mol. The van der Waals surface area contributed by atoms with Crippen LogP contribution in [0, 0.1) is 0 Å². The average Bonchev–Trinajstić information content (AvgIpc) is 3.38. The fourth-order valence-electron chi connectivity index (χ4n) is 3.17. The van der Waals surface area contributed by atoms with Crippen LogP contribution in [0.3, 0.4) is 0 Å². The van der Waals surface area contributed by atoms with Gasteiger partial charge in [0, 0.05) is 37.1 Å². The minimum absolute atomic E-state index is 0.00928. The summed E-state index contributed by atoms with van der Waals surface area (Å²) >= 11 is 1.52. The Labute approximate surface area is 160 Å². The number of hydrogen-bond acceptors (Lipinski definition) is 5. The van der Waals surface area contributed by atoms with Gasteiger partial charge in [0.05, 0.1) is 11.3 Å². The van der Waals surface area contributed by atoms with Gasteiger partial charge in [-0.1, -0.05) is 0 Å². The number of benzene rings is 1. The average molecular weight is 381 g/mol. The molecule has 0 spiro atoms. The molecule has 1 aliphatic heterocycles. The lowest BCUT2D eigenvalue weighted by atomic mass is 10.1. The molecule has 1 aliphatic rings. The van der Waals surface area contributed by atoms with Crippen LogP contribution in [0.2, 0.25) is 0 Å². The zero-order valence-electron chi connectivity index (χ0n) is 14.7. The lowest BCUT2D eigenvalue weighted by molar-refractivity contribution is 0.0719. The fraction of sp³-hybridized carbons (Fsp3) is 0.263. The summed E-state index contributed by atoms with van der Waals surface area (Å²) in [6.07, 6.45) is 3.86. The largest absolute Gasteiger partial charge is 0.337 e. The van der Waals surface area contributed by atoms with Crippen LogP contribution in [0.5, 0.6) is 0 Å². The standard InChI is InChI=1S/C19H19N5O2S/c25-18(15-2-4-17(5-3-15)24-14-20-13-21-24)22-7-1-8-23(10-9-22)19(26)16-6-11-27-12-16/h2-6,11-14H,1,7-10H2. The third kappa shape index (κ3) is 3.75. The molecule has 0 aliphatic carbocycles. The Morgan fingerprint density at radius 3 is 2.19 bits per heavy atom. The first kappa shape index (κ1) is 17.4. The van der Waals surface area contributed by atoms with Crippen molar-refractivity contribution in [2.75, 3.05) is 26.2 Å². The molecule has 0 saturated carbocycles. The van der Waals surface area contributed by atoms with Gasteiger partial charge in [-0.05, 0) is 42.1 Å². The van der Waals surface area contributed by atoms with E-state index in [0.29, 0.717) is 31.7 Å². The number of carbonyl (C=O) groups is 2. The molecular weight excluding hydrogens is 362 g/mol. The van der Waals surface area contributed by atoms with Crippen molar-refractivity contribution in [3.05, 3.63) is 64.9 Å². The number of rotatable bonds is 3. The van der Waals surface area contributed by atoms with E-state index >= 15 is 0 Å². The minimum atomic E-state index is -0.00928. The number of thiophene rings is 1. The zero-order valence-corrected chi connectivity index (χ0v) is 15.5. The fourth-order valence-corrected chi connectivity index (χ4v) is 3.80. The highest BCUT2D eigenvalue weighted by Gasteiger charge is 2.23. The first-order valence-electron chi connectivity index (χ1n) is 8.78. The van der Waals surface area contributed by atoms with Crippen LogP contribution < -0.4 is 0 Å². The molecule has 0 unspecified atom stereocenters. The molecule has 3 aromatic rings. The van der Waals surface area contributed by atoms with Crippen molar-refractivity contribution < 1.29 is 9.59 Å². The van der Waals surface area contributed by atoms with E-state index in [1.807, 2.05) is 38.8 Å². The lowest BCUT2D eigenvalue weighted by Crippen LogP contribution is -2.37. The molecule has 1 aromatic carbocycles. The van der Waals surface area contributed by atoms with E-state index in [2.05, 4.69) is 10.1 Å². The summed E-state index contributed by atoms with van der Waals surface area (Å²) in [5, 5.41) is 7.86. The lowest BCUT2D eigenvalue weighted by Gasteiger charge is -2.22. The van der Waals surface area contributed by atoms with Crippen molar-refractivity contribution in [2.24, 2.45) is 0 Å². The van der Waals surface area contributed by atoms with Gasteiger partial charge in [0.2, 0.25) is 0 Å². The van der Waals surface area contributed by atoms with E-state index in [-0.39, 0.29) is 11.8 Å². The summed E-state index contributed by atoms with van der Waals surface area (Å²) in [6, 6.07) is 9.16. The summed E-state index contributed by atoms with van der Waals surface area (Å²) < 4.78 is 1.65. The maximum absolute atomic E-state index is 12.8. The molecule has 1 fully saturated rings. The SMILES string of the molecule is O=C(c1ccc(-n2cncn2)cc1)N1CCCN(C(=O)c2ccsc2)CC1. The summed E-state index contributed by atoms with van der Waals surface area (Å²) in [6.45, 7) is 2.41. The molecule has 0 atom stereocenters. The quantitative estimate of drug-likeness (QED) is 0.698. The Balaban J connectivity index is 1.41. The van der Waals surface area contributed by atoms with Crippen LogP contribution in [0.25, 0.3) is 5.69 Å². The van der Waals surface area contributed by atoms with Crippen molar-refractivity contribution in [3.8, 4) is 5.69 Å². The topological polar surface area (TPSA) is 71.3 Å². The van der Waals surface area contributed by atoms with E-state index in [1.165, 1.54) is 17.7 Å². The second-order valence-electron chi connectivity index (χ2n) is 6.34. The van der Waals surface area contributed by atoms with E-state index in [1.54, 1.807) is 23.1 Å². The third-order valence-electron chi connectivity index (χ3n) is 4.64. The number of nitrogens with zero attached hydrogens (tertiary/aromatic N) is 5. The van der Waals surface area contributed by atoms with Crippen molar-refractivity contribution in [3.63, 3.8) is 0 Å². The van der Waals surface area contributed by atoms with Crippen LogP contribution in [0.1, 0.15) is 27.1 Å². The van der Waals surface area contributed by atoms with Gasteiger partial charge in [-0.2, -0.15) is 16.4 Å². The van der Waals surface area contributed by atoms with Gasteiger partial charge in [-0.25, -0.2) is 9.67 Å². The number of carbonyl (C=O) groups excluding carboxylic acids is 2. The summed E-state index contributed by atoms with van der Waals surface area (Å²) in [5.74, 6) is 0.0349. The molecule has 1 saturated heterocycles.